The molecule has 0 spiro atoms. The first-order valence-electron chi connectivity index (χ1n) is 32.4. The third-order valence-corrected chi connectivity index (χ3v) is 16.8. The Labute approximate surface area is 492 Å². The molecule has 0 bridgehead atoms. The molecule has 0 heterocycles. The van der Waals surface area contributed by atoms with Gasteiger partial charge in [-0.2, -0.15) is 0 Å². The summed E-state index contributed by atoms with van der Waals surface area (Å²) in [6.07, 6.45) is 33.5. The molecule has 0 aliphatic carbocycles. The van der Waals surface area contributed by atoms with Crippen LogP contribution in [0.4, 0.5) is 0 Å². The fourth-order valence-electron chi connectivity index (χ4n) is 9.06. The van der Waals surface area contributed by atoms with Gasteiger partial charge in [-0.1, -0.05) is 248 Å². The van der Waals surface area contributed by atoms with Crippen LogP contribution < -0.4 is 0 Å². The summed E-state index contributed by atoms with van der Waals surface area (Å²) in [5.74, 6) is 0.0511. The molecular weight excluding hydrogens is 1080 g/mol. The number of carbonyl (C=O) groups excluding carboxylic acids is 4. The molecule has 3 N–H and O–H groups in total. The van der Waals surface area contributed by atoms with Crippen LogP contribution in [0.2, 0.25) is 0 Å². The minimum Gasteiger partial charge on any atom is -0.462 e. The molecule has 0 amide bonds. The molecule has 0 radical (unpaired) electrons. The third-order valence-electron chi connectivity index (χ3n) is 14.9. The number of carbonyl (C=O) groups is 4. The van der Waals surface area contributed by atoms with E-state index in [1.807, 2.05) is 0 Å². The fraction of sp³-hybridized carbons (Fsp3) is 0.935. The van der Waals surface area contributed by atoms with Gasteiger partial charge in [0.15, 0.2) is 12.2 Å². The number of hydrogen-bond donors (Lipinski definition) is 3. The van der Waals surface area contributed by atoms with Crippen LogP contribution in [0.3, 0.4) is 0 Å². The summed E-state index contributed by atoms with van der Waals surface area (Å²) < 4.78 is 67.9. The zero-order valence-electron chi connectivity index (χ0n) is 52.2. The topological polar surface area (TPSA) is 237 Å². The molecule has 0 saturated heterocycles. The first kappa shape index (κ1) is 79.1. The maximum Gasteiger partial charge on any atom is 0.472 e. The van der Waals surface area contributed by atoms with Gasteiger partial charge in [0.25, 0.3) is 0 Å². The van der Waals surface area contributed by atoms with E-state index in [0.717, 1.165) is 108 Å². The van der Waals surface area contributed by atoms with Crippen LogP contribution in [0.5, 0.6) is 0 Å². The van der Waals surface area contributed by atoms with Gasteiger partial charge in [-0.15, -0.1) is 0 Å². The average Bonchev–Trinajstić information content (AvgIpc) is 3.44. The molecule has 4 unspecified atom stereocenters. The van der Waals surface area contributed by atoms with E-state index in [1.165, 1.54) is 103 Å². The van der Waals surface area contributed by atoms with Gasteiger partial charge in [-0.05, 0) is 43.4 Å². The van der Waals surface area contributed by atoms with Gasteiger partial charge in [0.05, 0.1) is 26.4 Å². The maximum absolute atomic E-state index is 12.9. The lowest BCUT2D eigenvalue weighted by Crippen LogP contribution is -2.30. The first-order chi connectivity index (χ1) is 38.8. The van der Waals surface area contributed by atoms with E-state index in [9.17, 15) is 43.2 Å². The van der Waals surface area contributed by atoms with E-state index in [2.05, 4.69) is 48.5 Å². The van der Waals surface area contributed by atoms with E-state index in [1.54, 1.807) is 0 Å². The van der Waals surface area contributed by atoms with E-state index >= 15 is 0 Å². The number of aliphatic hydroxyl groups is 1. The zero-order chi connectivity index (χ0) is 60.3. The highest BCUT2D eigenvalue weighted by atomic mass is 31.2. The standard InChI is InChI=1S/C62H120O17P2/c1-8-11-12-13-14-15-21-29-36-43-59(64)72-50-58(79-62(67)46-39-32-25-24-28-35-42-55(7)10-3)52-77-81(70,71)75-48-56(63)47-74-80(68,69)76-51-57(49-73-60(65)44-37-30-23-18-19-26-33-40-53(4)5)78-61(66)45-38-31-22-17-16-20-27-34-41-54(6)9-2/h53-58,63H,8-52H2,1-7H3,(H,68,69)(H,70,71)/t54?,55?,56-,57-,58-/m1/s1. The summed E-state index contributed by atoms with van der Waals surface area (Å²) in [7, 11) is -9.88. The Morgan fingerprint density at radius 2 is 0.630 bits per heavy atom. The molecule has 0 fully saturated rings. The quantitative estimate of drug-likeness (QED) is 0.0222. The summed E-state index contributed by atoms with van der Waals surface area (Å²) in [4.78, 5) is 72.1. The molecule has 480 valence electrons. The molecule has 0 saturated carbocycles. The van der Waals surface area contributed by atoms with Gasteiger partial charge in [-0.3, -0.25) is 37.3 Å². The van der Waals surface area contributed by atoms with E-state index < -0.39 is 97.5 Å². The van der Waals surface area contributed by atoms with Crippen molar-refractivity contribution >= 4 is 39.5 Å². The van der Waals surface area contributed by atoms with Crippen LogP contribution in [0.1, 0.15) is 299 Å². The molecule has 19 heteroatoms. The monoisotopic (exact) mass is 1200 g/mol. The molecule has 0 aliphatic rings. The largest absolute Gasteiger partial charge is 0.472 e. The lowest BCUT2D eigenvalue weighted by Gasteiger charge is -2.21. The van der Waals surface area contributed by atoms with Crippen molar-refractivity contribution in [3.63, 3.8) is 0 Å². The van der Waals surface area contributed by atoms with Crippen LogP contribution in [0.15, 0.2) is 0 Å². The van der Waals surface area contributed by atoms with Crippen molar-refractivity contribution in [3.05, 3.63) is 0 Å². The average molecular weight is 1200 g/mol. The fourth-order valence-corrected chi connectivity index (χ4v) is 10.6. The normalized spacial score (nSPS) is 15.1. The molecule has 0 aromatic rings. The zero-order valence-corrected chi connectivity index (χ0v) is 54.0. The second-order valence-corrected chi connectivity index (χ2v) is 26.3. The van der Waals surface area contributed by atoms with Gasteiger partial charge < -0.3 is 33.8 Å². The number of phosphoric ester groups is 2. The second-order valence-electron chi connectivity index (χ2n) is 23.4. The van der Waals surface area contributed by atoms with Crippen LogP contribution >= 0.6 is 15.6 Å². The number of unbranched alkanes of at least 4 members (excludes halogenated alkanes) is 26. The van der Waals surface area contributed by atoms with Gasteiger partial charge in [0.1, 0.15) is 19.3 Å². The smallest absolute Gasteiger partial charge is 0.462 e. The Balaban J connectivity index is 5.26. The van der Waals surface area contributed by atoms with E-state index in [4.69, 9.17) is 37.0 Å². The predicted octanol–water partition coefficient (Wildman–Crippen LogP) is 16.7. The molecule has 0 aromatic heterocycles. The van der Waals surface area contributed by atoms with Crippen molar-refractivity contribution in [2.45, 2.75) is 317 Å². The first-order valence-corrected chi connectivity index (χ1v) is 35.4. The molecular formula is C62H120O17P2. The predicted molar refractivity (Wildman–Crippen MR) is 321 cm³/mol. The van der Waals surface area contributed by atoms with Crippen molar-refractivity contribution in [2.75, 3.05) is 39.6 Å². The number of rotatable bonds is 60. The van der Waals surface area contributed by atoms with Gasteiger partial charge in [0.2, 0.25) is 0 Å². The minimum absolute atomic E-state index is 0.102. The summed E-state index contributed by atoms with van der Waals surface area (Å²) in [6, 6.07) is 0. The number of aliphatic hydroxyl groups excluding tert-OH is 1. The lowest BCUT2D eigenvalue weighted by molar-refractivity contribution is -0.161. The molecule has 17 nitrogen and oxygen atoms in total. The van der Waals surface area contributed by atoms with Crippen molar-refractivity contribution in [3.8, 4) is 0 Å². The number of ether oxygens (including phenoxy) is 4. The lowest BCUT2D eigenvalue weighted by atomic mass is 9.99. The van der Waals surface area contributed by atoms with Crippen LogP contribution in [0, 0.1) is 17.8 Å². The van der Waals surface area contributed by atoms with Crippen LogP contribution in [-0.4, -0.2) is 96.7 Å². The SMILES string of the molecule is CCCCCCCCCCCC(=O)OC[C@H](COP(=O)(O)OC[C@H](O)COP(=O)(O)OC[C@@H](COC(=O)CCCCCCCCCC(C)C)OC(=O)CCCCCCCCCCC(C)CC)OC(=O)CCCCCCCCC(C)CC. The summed E-state index contributed by atoms with van der Waals surface area (Å²) in [5, 5.41) is 10.5. The van der Waals surface area contributed by atoms with Crippen LogP contribution in [-0.2, 0) is 65.4 Å². The van der Waals surface area contributed by atoms with E-state index in [-0.39, 0.29) is 25.7 Å². The van der Waals surface area contributed by atoms with Crippen molar-refractivity contribution in [1.82, 2.24) is 0 Å². The van der Waals surface area contributed by atoms with Gasteiger partial charge in [-0.25, -0.2) is 9.13 Å². The second kappa shape index (κ2) is 53.5. The summed E-state index contributed by atoms with van der Waals surface area (Å²) in [5.41, 5.74) is 0. The van der Waals surface area contributed by atoms with Gasteiger partial charge >= 0.3 is 39.5 Å². The number of hydrogen-bond acceptors (Lipinski definition) is 15. The van der Waals surface area contributed by atoms with Crippen molar-refractivity contribution < 1.29 is 80.2 Å². The van der Waals surface area contributed by atoms with E-state index in [0.29, 0.717) is 31.6 Å². The number of esters is 4. The highest BCUT2D eigenvalue weighted by Crippen LogP contribution is 2.45. The van der Waals surface area contributed by atoms with Gasteiger partial charge in [0, 0.05) is 25.7 Å². The summed E-state index contributed by atoms with van der Waals surface area (Å²) >= 11 is 0. The Morgan fingerprint density at radius 3 is 0.938 bits per heavy atom. The Kier molecular flexibility index (Phi) is 52.2. The maximum atomic E-state index is 12.9. The Morgan fingerprint density at radius 1 is 0.358 bits per heavy atom. The Hall–Kier alpha value is -1.94. The highest BCUT2D eigenvalue weighted by Gasteiger charge is 2.30. The molecule has 0 rings (SSSR count). The third kappa shape index (κ3) is 54.5. The van der Waals surface area contributed by atoms with Crippen molar-refractivity contribution in [1.29, 1.82) is 0 Å². The summed E-state index contributed by atoms with van der Waals surface area (Å²) in [6.45, 7) is 11.7. The Bertz CT molecular complexity index is 1620. The van der Waals surface area contributed by atoms with Crippen LogP contribution in [0.25, 0.3) is 0 Å². The molecule has 0 aliphatic heterocycles. The number of phosphoric acid groups is 2. The molecule has 0 aromatic carbocycles. The van der Waals surface area contributed by atoms with Crippen molar-refractivity contribution in [2.24, 2.45) is 17.8 Å². The molecule has 81 heavy (non-hydrogen) atoms. The molecule has 7 atom stereocenters. The minimum atomic E-state index is -4.94. The highest BCUT2D eigenvalue weighted by molar-refractivity contribution is 7.47.